The van der Waals surface area contributed by atoms with Crippen LogP contribution in [0, 0.1) is 0 Å². The third kappa shape index (κ3) is 6.55. The molecule has 1 fully saturated rings. The summed E-state index contributed by atoms with van der Waals surface area (Å²) in [7, 11) is 0. The van der Waals surface area contributed by atoms with Crippen LogP contribution in [0.3, 0.4) is 0 Å². The van der Waals surface area contributed by atoms with Crippen LogP contribution in [0.2, 0.25) is 0 Å². The first kappa shape index (κ1) is 25.5. The van der Waals surface area contributed by atoms with Crippen molar-refractivity contribution in [2.24, 2.45) is 0 Å². The summed E-state index contributed by atoms with van der Waals surface area (Å²) in [5.41, 5.74) is 4.04. The molecule has 1 aliphatic heterocycles. The normalized spacial score (nSPS) is 15.2. The number of rotatable bonds is 10. The van der Waals surface area contributed by atoms with E-state index in [1.807, 2.05) is 0 Å². The molecule has 0 amide bonds. The van der Waals surface area contributed by atoms with Gasteiger partial charge in [0.05, 0.1) is 0 Å². The minimum Gasteiger partial charge on any atom is -0.340 e. The number of fused-ring (bicyclic) bond motifs is 3. The molecule has 0 N–H and O–H groups in total. The molecule has 0 unspecified atom stereocenters. The number of aryl methyl sites for hydroxylation is 1. The average molecular weight is 488 g/mol. The highest BCUT2D eigenvalue weighted by Gasteiger charge is 2.15. The molecule has 0 bridgehead atoms. The molecule has 4 heteroatoms. The molecule has 0 aliphatic carbocycles. The van der Waals surface area contributed by atoms with Crippen molar-refractivity contribution >= 4 is 40.3 Å². The summed E-state index contributed by atoms with van der Waals surface area (Å²) >= 11 is 0. The van der Waals surface area contributed by atoms with Crippen LogP contribution in [0.15, 0.2) is 84.9 Å². The smallest absolute Gasteiger partial charge is 0.0491 e. The van der Waals surface area contributed by atoms with Crippen molar-refractivity contribution < 1.29 is 0 Å². The van der Waals surface area contributed by atoms with Gasteiger partial charge in [-0.3, -0.25) is 4.90 Å². The zero-order valence-electron chi connectivity index (χ0n) is 20.7. The predicted octanol–water partition coefficient (Wildman–Crippen LogP) is 7.11. The van der Waals surface area contributed by atoms with Gasteiger partial charge in [-0.2, -0.15) is 0 Å². The van der Waals surface area contributed by atoms with E-state index in [0.29, 0.717) is 0 Å². The topological polar surface area (TPSA) is 11.4 Å². The second-order valence-corrected chi connectivity index (χ2v) is 9.56. The van der Waals surface area contributed by atoms with Crippen molar-refractivity contribution in [2.45, 2.75) is 32.2 Å². The second-order valence-electron chi connectivity index (χ2n) is 9.56. The van der Waals surface area contributed by atoms with Gasteiger partial charge in [-0.15, -0.1) is 12.4 Å². The molecule has 3 aromatic carbocycles. The molecule has 35 heavy (non-hydrogen) atoms. The lowest BCUT2D eigenvalue weighted by atomic mass is 10.1. The predicted molar refractivity (Wildman–Crippen MR) is 154 cm³/mol. The van der Waals surface area contributed by atoms with Crippen LogP contribution in [0.5, 0.6) is 0 Å². The SMILES string of the molecule is C(=C\c1ccccc1)/CN1CCN(CCCCCCn2c3ccccc3c3ccccc32)CC1.Cl. The van der Waals surface area contributed by atoms with Crippen LogP contribution in [0.1, 0.15) is 31.2 Å². The first-order chi connectivity index (χ1) is 16.9. The number of hydrogen-bond acceptors (Lipinski definition) is 2. The van der Waals surface area contributed by atoms with Gasteiger partial charge in [0.1, 0.15) is 0 Å². The van der Waals surface area contributed by atoms with Crippen LogP contribution >= 0.6 is 12.4 Å². The summed E-state index contributed by atoms with van der Waals surface area (Å²) in [5, 5.41) is 2.76. The van der Waals surface area contributed by atoms with Crippen LogP contribution < -0.4 is 0 Å². The Morgan fingerprint density at radius 3 is 1.77 bits per heavy atom. The second kappa shape index (κ2) is 12.9. The summed E-state index contributed by atoms with van der Waals surface area (Å²) in [6.45, 7) is 8.22. The molecule has 4 aromatic rings. The first-order valence-electron chi connectivity index (χ1n) is 13.0. The number of para-hydroxylation sites is 2. The average Bonchev–Trinajstić information content (AvgIpc) is 3.21. The molecule has 184 valence electrons. The van der Waals surface area contributed by atoms with Gasteiger partial charge in [-0.05, 0) is 37.1 Å². The summed E-state index contributed by atoms with van der Waals surface area (Å²) in [4.78, 5) is 5.23. The Bertz CT molecular complexity index is 1150. The Balaban J connectivity index is 0.00000289. The molecule has 2 heterocycles. The van der Waals surface area contributed by atoms with E-state index >= 15 is 0 Å². The van der Waals surface area contributed by atoms with E-state index in [-0.39, 0.29) is 12.4 Å². The van der Waals surface area contributed by atoms with Gasteiger partial charge in [0.15, 0.2) is 0 Å². The van der Waals surface area contributed by atoms with Crippen molar-refractivity contribution in [1.82, 2.24) is 14.4 Å². The number of aromatic nitrogens is 1. The fourth-order valence-corrected chi connectivity index (χ4v) is 5.30. The molecule has 3 nitrogen and oxygen atoms in total. The number of unbranched alkanes of at least 4 members (excludes halogenated alkanes) is 3. The third-order valence-corrected chi connectivity index (χ3v) is 7.22. The number of hydrogen-bond donors (Lipinski definition) is 0. The van der Waals surface area contributed by atoms with Gasteiger partial charge in [0, 0.05) is 61.1 Å². The lowest BCUT2D eigenvalue weighted by molar-refractivity contribution is 0.140. The largest absolute Gasteiger partial charge is 0.340 e. The van der Waals surface area contributed by atoms with E-state index in [1.165, 1.54) is 85.8 Å². The molecule has 5 rings (SSSR count). The van der Waals surface area contributed by atoms with E-state index in [1.54, 1.807) is 0 Å². The van der Waals surface area contributed by atoms with Crippen LogP contribution in [-0.4, -0.2) is 53.6 Å². The summed E-state index contributed by atoms with van der Waals surface area (Å²) in [6, 6.07) is 28.3. The Hall–Kier alpha value is -2.59. The van der Waals surface area contributed by atoms with Gasteiger partial charge in [0.2, 0.25) is 0 Å². The molecule has 0 radical (unpaired) electrons. The highest BCUT2D eigenvalue weighted by Crippen LogP contribution is 2.29. The van der Waals surface area contributed by atoms with Crippen LogP contribution in [0.25, 0.3) is 27.9 Å². The Labute approximate surface area is 216 Å². The van der Waals surface area contributed by atoms with Gasteiger partial charge >= 0.3 is 0 Å². The summed E-state index contributed by atoms with van der Waals surface area (Å²) in [6.07, 6.45) is 9.77. The Morgan fingerprint density at radius 2 is 1.11 bits per heavy atom. The van der Waals surface area contributed by atoms with Crippen LogP contribution in [-0.2, 0) is 6.54 Å². The fraction of sp³-hybridized carbons (Fsp3) is 0.355. The molecule has 0 saturated carbocycles. The van der Waals surface area contributed by atoms with Crippen molar-refractivity contribution in [2.75, 3.05) is 39.3 Å². The van der Waals surface area contributed by atoms with Crippen molar-refractivity contribution in [1.29, 1.82) is 0 Å². The standard InChI is InChI=1S/C31H37N3.ClH/c1(2-11-22-34-30-18-8-6-16-28(30)29-17-7-9-19-31(29)34)10-20-32-23-25-33(26-24-32)21-12-15-27-13-4-3-5-14-27;/h3-9,12-19H,1-2,10-11,20-26H2;1H/b15-12+;. The van der Waals surface area contributed by atoms with Crippen molar-refractivity contribution in [3.05, 3.63) is 90.5 Å². The Morgan fingerprint density at radius 1 is 0.571 bits per heavy atom. The molecular formula is C31H38ClN3. The summed E-state index contributed by atoms with van der Waals surface area (Å²) in [5.74, 6) is 0. The minimum atomic E-state index is 0. The van der Waals surface area contributed by atoms with Crippen molar-refractivity contribution in [3.63, 3.8) is 0 Å². The highest BCUT2D eigenvalue weighted by atomic mass is 35.5. The quantitative estimate of drug-likeness (QED) is 0.221. The first-order valence-corrected chi connectivity index (χ1v) is 13.0. The number of nitrogens with zero attached hydrogens (tertiary/aromatic N) is 3. The van der Waals surface area contributed by atoms with E-state index in [0.717, 1.165) is 13.1 Å². The minimum absolute atomic E-state index is 0. The van der Waals surface area contributed by atoms with E-state index in [9.17, 15) is 0 Å². The molecule has 1 aliphatic rings. The van der Waals surface area contributed by atoms with E-state index in [2.05, 4.69) is 105 Å². The lowest BCUT2D eigenvalue weighted by Gasteiger charge is -2.34. The molecule has 0 atom stereocenters. The number of halogens is 1. The van der Waals surface area contributed by atoms with Gasteiger partial charge in [-0.1, -0.05) is 91.7 Å². The zero-order chi connectivity index (χ0) is 23.0. The number of piperazine rings is 1. The Kier molecular flexibility index (Phi) is 9.42. The van der Waals surface area contributed by atoms with E-state index < -0.39 is 0 Å². The monoisotopic (exact) mass is 487 g/mol. The van der Waals surface area contributed by atoms with E-state index in [4.69, 9.17) is 0 Å². The highest BCUT2D eigenvalue weighted by molar-refractivity contribution is 6.07. The van der Waals surface area contributed by atoms with Gasteiger partial charge in [-0.25, -0.2) is 0 Å². The lowest BCUT2D eigenvalue weighted by Crippen LogP contribution is -2.46. The summed E-state index contributed by atoms with van der Waals surface area (Å²) < 4.78 is 2.52. The van der Waals surface area contributed by atoms with Gasteiger partial charge in [0.25, 0.3) is 0 Å². The zero-order valence-corrected chi connectivity index (χ0v) is 21.5. The van der Waals surface area contributed by atoms with Gasteiger partial charge < -0.3 is 9.47 Å². The molecule has 1 saturated heterocycles. The third-order valence-electron chi connectivity index (χ3n) is 7.22. The maximum absolute atomic E-state index is 2.66. The maximum Gasteiger partial charge on any atom is 0.0491 e. The molecular weight excluding hydrogens is 450 g/mol. The molecule has 1 aromatic heterocycles. The van der Waals surface area contributed by atoms with Crippen molar-refractivity contribution in [3.8, 4) is 0 Å². The fourth-order valence-electron chi connectivity index (χ4n) is 5.30. The molecule has 0 spiro atoms. The maximum atomic E-state index is 2.66. The van der Waals surface area contributed by atoms with Crippen LogP contribution in [0.4, 0.5) is 0 Å². The number of benzene rings is 3.